The lowest BCUT2D eigenvalue weighted by Gasteiger charge is -2.12. The number of imide groups is 1. The van der Waals surface area contributed by atoms with E-state index < -0.39 is 5.97 Å². The van der Waals surface area contributed by atoms with Crippen molar-refractivity contribution in [3.05, 3.63) is 88.0 Å². The van der Waals surface area contributed by atoms with Gasteiger partial charge in [-0.3, -0.25) is 14.5 Å². The number of hydrogen-bond donors (Lipinski definition) is 0. The monoisotopic (exact) mass is 418 g/mol. The molecule has 0 spiro atoms. The minimum Gasteiger partial charge on any atom is -0.545 e. The molecule has 30 heavy (non-hydrogen) atoms. The number of thioether (sulfide) groups is 1. The lowest BCUT2D eigenvalue weighted by Crippen LogP contribution is -2.27. The van der Waals surface area contributed by atoms with Gasteiger partial charge in [-0.05, 0) is 41.9 Å². The molecule has 0 saturated carbocycles. The van der Waals surface area contributed by atoms with Crippen LogP contribution in [0.1, 0.15) is 27.2 Å². The minimum atomic E-state index is -1.26. The normalized spacial score (nSPS) is 15.2. The van der Waals surface area contributed by atoms with E-state index in [1.807, 2.05) is 30.3 Å². The van der Waals surface area contributed by atoms with Crippen molar-refractivity contribution in [2.24, 2.45) is 0 Å². The summed E-state index contributed by atoms with van der Waals surface area (Å²) in [5.74, 6) is -0.769. The predicted molar refractivity (Wildman–Crippen MR) is 111 cm³/mol. The average molecular weight is 418 g/mol. The molecule has 1 saturated heterocycles. The maximum absolute atomic E-state index is 12.7. The number of rotatable bonds is 5. The van der Waals surface area contributed by atoms with E-state index in [0.717, 1.165) is 17.3 Å². The lowest BCUT2D eigenvalue weighted by atomic mass is 10.0. The average Bonchev–Trinajstić information content (AvgIpc) is 3.29. The second-order valence-electron chi connectivity index (χ2n) is 6.72. The summed E-state index contributed by atoms with van der Waals surface area (Å²) in [6, 6.07) is 17.5. The number of carboxylic acids is 1. The first-order valence-corrected chi connectivity index (χ1v) is 9.96. The van der Waals surface area contributed by atoms with Crippen LogP contribution in [0.5, 0.6) is 0 Å². The topological polar surface area (TPSA) is 90.6 Å². The molecule has 150 valence electrons. The Labute approximate surface area is 176 Å². The second-order valence-corrected chi connectivity index (χ2v) is 7.71. The molecule has 1 fully saturated rings. The maximum Gasteiger partial charge on any atom is 0.293 e. The van der Waals surface area contributed by atoms with Crippen LogP contribution in [0, 0.1) is 6.92 Å². The van der Waals surface area contributed by atoms with Gasteiger partial charge in [0, 0.05) is 17.2 Å². The van der Waals surface area contributed by atoms with Crippen molar-refractivity contribution in [3.63, 3.8) is 0 Å². The van der Waals surface area contributed by atoms with Crippen LogP contribution in [0.25, 0.3) is 17.4 Å². The van der Waals surface area contributed by atoms with E-state index in [2.05, 4.69) is 0 Å². The molecule has 2 amide bonds. The number of carboxylic acid groups (broad SMARTS) is 1. The van der Waals surface area contributed by atoms with Gasteiger partial charge in [0.1, 0.15) is 11.5 Å². The number of carbonyl (C=O) groups excluding carboxylic acids is 3. The molecule has 2 aromatic carbocycles. The van der Waals surface area contributed by atoms with Crippen LogP contribution in [0.15, 0.2) is 70.0 Å². The summed E-state index contributed by atoms with van der Waals surface area (Å²) in [4.78, 5) is 37.7. The van der Waals surface area contributed by atoms with Crippen LogP contribution >= 0.6 is 11.8 Å². The van der Waals surface area contributed by atoms with E-state index >= 15 is 0 Å². The molecule has 3 aromatic rings. The maximum atomic E-state index is 12.7. The van der Waals surface area contributed by atoms with Gasteiger partial charge in [-0.25, -0.2) is 0 Å². The fourth-order valence-corrected chi connectivity index (χ4v) is 4.05. The van der Waals surface area contributed by atoms with Gasteiger partial charge in [-0.2, -0.15) is 0 Å². The Morgan fingerprint density at radius 1 is 1.07 bits per heavy atom. The molecular formula is C23H16NO5S-. The molecule has 1 aliphatic heterocycles. The van der Waals surface area contributed by atoms with Crippen molar-refractivity contribution in [2.45, 2.75) is 13.5 Å². The van der Waals surface area contributed by atoms with E-state index in [4.69, 9.17) is 4.42 Å². The quantitative estimate of drug-likeness (QED) is 0.585. The number of furan rings is 1. The molecule has 1 aliphatic rings. The Kier molecular flexibility index (Phi) is 5.29. The highest BCUT2D eigenvalue weighted by atomic mass is 32.2. The third kappa shape index (κ3) is 3.79. The Morgan fingerprint density at radius 3 is 2.57 bits per heavy atom. The number of nitrogens with zero attached hydrogens (tertiary/aromatic N) is 1. The molecule has 4 rings (SSSR count). The van der Waals surface area contributed by atoms with E-state index in [-0.39, 0.29) is 28.2 Å². The Morgan fingerprint density at radius 2 is 1.83 bits per heavy atom. The molecule has 0 atom stereocenters. The summed E-state index contributed by atoms with van der Waals surface area (Å²) >= 11 is 0.863. The molecule has 0 bridgehead atoms. The second kappa shape index (κ2) is 8.04. The first-order valence-electron chi connectivity index (χ1n) is 9.14. The van der Waals surface area contributed by atoms with Crippen LogP contribution in [-0.4, -0.2) is 22.0 Å². The number of hydrogen-bond acceptors (Lipinski definition) is 6. The zero-order chi connectivity index (χ0) is 21.3. The van der Waals surface area contributed by atoms with Crippen molar-refractivity contribution in [1.82, 2.24) is 4.90 Å². The van der Waals surface area contributed by atoms with Crippen molar-refractivity contribution < 1.29 is 23.9 Å². The Hall–Kier alpha value is -3.58. The van der Waals surface area contributed by atoms with Crippen LogP contribution in [0.2, 0.25) is 0 Å². The smallest absolute Gasteiger partial charge is 0.293 e. The third-order valence-electron chi connectivity index (χ3n) is 4.78. The van der Waals surface area contributed by atoms with Crippen molar-refractivity contribution in [1.29, 1.82) is 0 Å². The van der Waals surface area contributed by atoms with Gasteiger partial charge < -0.3 is 14.3 Å². The standard InChI is InChI=1S/C23H17NO5S/c1-14-17(8-5-9-18(14)22(26)27)19-11-10-16(29-19)12-20-21(25)24(23(28)30-20)13-15-6-3-2-4-7-15/h2-12H,13H2,1H3,(H,26,27)/p-1/b20-12+. The SMILES string of the molecule is Cc1c(C(=O)[O-])cccc1-c1ccc(/C=C2/SC(=O)N(Cc3ccccc3)C2=O)o1. The number of carbonyl (C=O) groups is 3. The van der Waals surface area contributed by atoms with Gasteiger partial charge in [0.25, 0.3) is 11.1 Å². The van der Waals surface area contributed by atoms with E-state index in [0.29, 0.717) is 22.6 Å². The molecule has 0 N–H and O–H groups in total. The largest absolute Gasteiger partial charge is 0.545 e. The first kappa shape index (κ1) is 19.7. The molecule has 1 aromatic heterocycles. The predicted octanol–water partition coefficient (Wildman–Crippen LogP) is 3.86. The van der Waals surface area contributed by atoms with Crippen LogP contribution in [-0.2, 0) is 11.3 Å². The highest BCUT2D eigenvalue weighted by molar-refractivity contribution is 8.18. The fraction of sp³-hybridized carbons (Fsp3) is 0.0870. The van der Waals surface area contributed by atoms with E-state index in [1.54, 1.807) is 31.2 Å². The highest BCUT2D eigenvalue weighted by Crippen LogP contribution is 2.34. The Bertz CT molecular complexity index is 1180. The minimum absolute atomic E-state index is 0.0903. The third-order valence-corrected chi connectivity index (χ3v) is 5.68. The fourth-order valence-electron chi connectivity index (χ4n) is 3.23. The number of benzene rings is 2. The number of amides is 2. The summed E-state index contributed by atoms with van der Waals surface area (Å²) in [6.45, 7) is 1.89. The summed E-state index contributed by atoms with van der Waals surface area (Å²) < 4.78 is 5.80. The van der Waals surface area contributed by atoms with E-state index in [9.17, 15) is 19.5 Å². The zero-order valence-electron chi connectivity index (χ0n) is 16.0. The van der Waals surface area contributed by atoms with Gasteiger partial charge in [0.05, 0.1) is 17.4 Å². The first-order chi connectivity index (χ1) is 14.4. The summed E-state index contributed by atoms with van der Waals surface area (Å²) in [5.41, 5.74) is 2.10. The molecule has 7 heteroatoms. The van der Waals surface area contributed by atoms with Crippen LogP contribution < -0.4 is 5.11 Å². The summed E-state index contributed by atoms with van der Waals surface area (Å²) in [5, 5.41) is 10.9. The molecule has 0 unspecified atom stereocenters. The van der Waals surface area contributed by atoms with Gasteiger partial charge in [-0.15, -0.1) is 0 Å². The van der Waals surface area contributed by atoms with Gasteiger partial charge >= 0.3 is 0 Å². The van der Waals surface area contributed by atoms with Crippen LogP contribution in [0.3, 0.4) is 0 Å². The van der Waals surface area contributed by atoms with Crippen molar-refractivity contribution >= 4 is 35.0 Å². The molecule has 6 nitrogen and oxygen atoms in total. The van der Waals surface area contributed by atoms with Crippen molar-refractivity contribution in [2.75, 3.05) is 0 Å². The van der Waals surface area contributed by atoms with Gasteiger partial charge in [0.15, 0.2) is 0 Å². The molecule has 0 radical (unpaired) electrons. The Balaban J connectivity index is 1.58. The summed E-state index contributed by atoms with van der Waals surface area (Å²) in [6.07, 6.45) is 1.53. The highest BCUT2D eigenvalue weighted by Gasteiger charge is 2.35. The molecular weight excluding hydrogens is 402 g/mol. The molecule has 2 heterocycles. The van der Waals surface area contributed by atoms with Crippen LogP contribution in [0.4, 0.5) is 4.79 Å². The van der Waals surface area contributed by atoms with Gasteiger partial charge in [-0.1, -0.05) is 48.5 Å². The zero-order valence-corrected chi connectivity index (χ0v) is 16.8. The lowest BCUT2D eigenvalue weighted by molar-refractivity contribution is -0.255. The van der Waals surface area contributed by atoms with E-state index in [1.165, 1.54) is 17.0 Å². The number of aromatic carboxylic acids is 1. The summed E-state index contributed by atoms with van der Waals surface area (Å²) in [7, 11) is 0. The van der Waals surface area contributed by atoms with Crippen molar-refractivity contribution in [3.8, 4) is 11.3 Å². The van der Waals surface area contributed by atoms with Gasteiger partial charge in [0.2, 0.25) is 0 Å². The molecule has 0 aliphatic carbocycles.